The van der Waals surface area contributed by atoms with Crippen molar-refractivity contribution in [1.82, 2.24) is 20.0 Å². The van der Waals surface area contributed by atoms with E-state index in [1.165, 1.54) is 24.8 Å². The van der Waals surface area contributed by atoms with E-state index in [-0.39, 0.29) is 42.0 Å². The lowest BCUT2D eigenvalue weighted by Crippen LogP contribution is -2.60. The zero-order valence-corrected chi connectivity index (χ0v) is 26.5. The Kier molecular flexibility index (Phi) is 10.2. The number of nitrogens with one attached hydrogen (secondary N) is 1. The minimum absolute atomic E-state index is 0. The molecule has 4 aliphatic heterocycles. The van der Waals surface area contributed by atoms with Crippen molar-refractivity contribution in [1.29, 1.82) is 0 Å². The number of ether oxygens (including phenoxy) is 1. The molecular weight excluding hydrogens is 548 g/mol. The van der Waals surface area contributed by atoms with Crippen LogP contribution in [0.25, 0.3) is 0 Å². The molecule has 2 bridgehead atoms. The third kappa shape index (κ3) is 6.53. The van der Waals surface area contributed by atoms with Crippen molar-refractivity contribution >= 4 is 24.3 Å². The average Bonchev–Trinajstić information content (AvgIpc) is 3.40. The van der Waals surface area contributed by atoms with E-state index in [2.05, 4.69) is 64.2 Å². The molecule has 8 heteroatoms. The number of carbonyl (C=O) groups is 2. The maximum atomic E-state index is 13.8. The molecule has 4 fully saturated rings. The second-order valence-electron chi connectivity index (χ2n) is 13.6. The van der Waals surface area contributed by atoms with Gasteiger partial charge in [-0.1, -0.05) is 36.4 Å². The van der Waals surface area contributed by atoms with E-state index >= 15 is 0 Å². The van der Waals surface area contributed by atoms with Crippen molar-refractivity contribution in [3.05, 3.63) is 47.5 Å². The van der Waals surface area contributed by atoms with Gasteiger partial charge in [0, 0.05) is 56.5 Å². The average molecular weight is 599 g/mol. The standard InChI is InChI=1S/C34H50N4O3.ClH/c1-25(2)38-33(40)36(23-26-16-19-41-20-17-26)24-34(38)21-29-13-14-30(22-34)37(29)18-15-31(27-9-5-3-6-10-27)35-32(39)28-11-7-4-8-12-28;/h3,5-6,9-11,25-26,29-31H,4,7-8,12-24H2,1-2H3,(H,35,39);1H/t29?,30?,31-,34?;/m0./s1. The molecule has 1 aromatic carbocycles. The van der Waals surface area contributed by atoms with Gasteiger partial charge in [-0.15, -0.1) is 12.4 Å². The quantitative estimate of drug-likeness (QED) is 0.373. The monoisotopic (exact) mass is 598 g/mol. The molecule has 1 N–H and O–H groups in total. The molecule has 1 spiro atoms. The van der Waals surface area contributed by atoms with Crippen molar-refractivity contribution in [3.63, 3.8) is 0 Å². The van der Waals surface area contributed by atoms with E-state index in [1.807, 2.05) is 6.07 Å². The maximum Gasteiger partial charge on any atom is 0.320 e. The molecule has 1 aliphatic carbocycles. The predicted molar refractivity (Wildman–Crippen MR) is 169 cm³/mol. The van der Waals surface area contributed by atoms with Crippen LogP contribution in [0.15, 0.2) is 42.0 Å². The highest BCUT2D eigenvalue weighted by Crippen LogP contribution is 2.48. The molecule has 6 rings (SSSR count). The van der Waals surface area contributed by atoms with Gasteiger partial charge in [0.05, 0.1) is 11.6 Å². The third-order valence-electron chi connectivity index (χ3n) is 10.6. The second kappa shape index (κ2) is 13.7. The first-order valence-corrected chi connectivity index (χ1v) is 16.4. The molecule has 4 heterocycles. The summed E-state index contributed by atoms with van der Waals surface area (Å²) >= 11 is 0. The molecule has 0 radical (unpaired) electrons. The van der Waals surface area contributed by atoms with Gasteiger partial charge >= 0.3 is 6.03 Å². The van der Waals surface area contributed by atoms with Gasteiger partial charge in [-0.3, -0.25) is 9.69 Å². The van der Waals surface area contributed by atoms with Gasteiger partial charge in [0.2, 0.25) is 5.91 Å². The van der Waals surface area contributed by atoms with Crippen LogP contribution >= 0.6 is 12.4 Å². The number of fused-ring (bicyclic) bond motifs is 2. The summed E-state index contributed by atoms with van der Waals surface area (Å²) < 4.78 is 5.58. The largest absolute Gasteiger partial charge is 0.381 e. The van der Waals surface area contributed by atoms with Crippen LogP contribution < -0.4 is 5.32 Å². The Hall–Kier alpha value is -2.09. The SMILES string of the molecule is CC(C)N1C(=O)N(CC2CCOCC2)CC12CC1CCC(C2)N1CC[C@H](NC(=O)C1=CCCCC1)c1ccccc1.Cl. The normalized spacial score (nSPS) is 29.1. The van der Waals surface area contributed by atoms with Crippen LogP contribution in [0.4, 0.5) is 4.79 Å². The molecule has 7 nitrogen and oxygen atoms in total. The number of amides is 3. The number of nitrogens with zero attached hydrogens (tertiary/aromatic N) is 3. The van der Waals surface area contributed by atoms with Gasteiger partial charge in [0.1, 0.15) is 0 Å². The van der Waals surface area contributed by atoms with E-state index in [9.17, 15) is 9.59 Å². The van der Waals surface area contributed by atoms with Gasteiger partial charge in [0.15, 0.2) is 0 Å². The first-order chi connectivity index (χ1) is 19.9. The molecule has 1 aromatic rings. The molecule has 5 aliphatic rings. The van der Waals surface area contributed by atoms with E-state index in [0.29, 0.717) is 18.0 Å². The maximum absolute atomic E-state index is 13.8. The highest BCUT2D eigenvalue weighted by atomic mass is 35.5. The first kappa shape index (κ1) is 31.3. The molecule has 4 saturated heterocycles. The topological polar surface area (TPSA) is 65.1 Å². The molecular formula is C34H51ClN4O3. The van der Waals surface area contributed by atoms with Gasteiger partial charge in [0.25, 0.3) is 0 Å². The van der Waals surface area contributed by atoms with Crippen molar-refractivity contribution in [2.45, 2.75) is 114 Å². The molecule has 42 heavy (non-hydrogen) atoms. The zero-order chi connectivity index (χ0) is 28.4. The van der Waals surface area contributed by atoms with Crippen LogP contribution in [0.3, 0.4) is 0 Å². The lowest BCUT2D eigenvalue weighted by molar-refractivity contribution is -0.118. The summed E-state index contributed by atoms with van der Waals surface area (Å²) in [5, 5.41) is 3.41. The fraction of sp³-hybridized carbons (Fsp3) is 0.706. The Bertz CT molecular complexity index is 1090. The van der Waals surface area contributed by atoms with Crippen LogP contribution in [0, 0.1) is 5.92 Å². The molecule has 0 aromatic heterocycles. The molecule has 232 valence electrons. The van der Waals surface area contributed by atoms with Crippen LogP contribution in [-0.4, -0.2) is 83.2 Å². The number of benzene rings is 1. The number of carbonyl (C=O) groups excluding carboxylic acids is 2. The number of halogens is 1. The van der Waals surface area contributed by atoms with Crippen molar-refractivity contribution in [2.24, 2.45) is 5.92 Å². The molecule has 2 unspecified atom stereocenters. The summed E-state index contributed by atoms with van der Waals surface area (Å²) in [5.41, 5.74) is 2.09. The van der Waals surface area contributed by atoms with Crippen molar-refractivity contribution < 1.29 is 14.3 Å². The predicted octanol–water partition coefficient (Wildman–Crippen LogP) is 6.09. The minimum Gasteiger partial charge on any atom is -0.381 e. The highest BCUT2D eigenvalue weighted by Gasteiger charge is 2.57. The smallest absolute Gasteiger partial charge is 0.320 e. The summed E-state index contributed by atoms with van der Waals surface area (Å²) in [6, 6.07) is 12.0. The Balaban J connectivity index is 0.00000353. The van der Waals surface area contributed by atoms with Crippen LogP contribution in [-0.2, 0) is 9.53 Å². The first-order valence-electron chi connectivity index (χ1n) is 16.4. The van der Waals surface area contributed by atoms with E-state index in [4.69, 9.17) is 4.74 Å². The zero-order valence-electron chi connectivity index (χ0n) is 25.6. The van der Waals surface area contributed by atoms with Crippen LogP contribution in [0.5, 0.6) is 0 Å². The molecule has 0 saturated carbocycles. The van der Waals surface area contributed by atoms with Gasteiger partial charge in [-0.05, 0) is 96.0 Å². The number of rotatable bonds is 9. The summed E-state index contributed by atoms with van der Waals surface area (Å²) in [5.74, 6) is 0.670. The fourth-order valence-corrected chi connectivity index (χ4v) is 8.69. The summed E-state index contributed by atoms with van der Waals surface area (Å²) in [6.07, 6.45) is 13.9. The fourth-order valence-electron chi connectivity index (χ4n) is 8.69. The van der Waals surface area contributed by atoms with Crippen molar-refractivity contribution in [2.75, 3.05) is 32.8 Å². The summed E-state index contributed by atoms with van der Waals surface area (Å²) in [6.45, 7) is 8.77. The van der Waals surface area contributed by atoms with E-state index in [0.717, 1.165) is 89.8 Å². The second-order valence-corrected chi connectivity index (χ2v) is 13.6. The Labute approximate surface area is 258 Å². The molecule has 3 atom stereocenters. The van der Waals surface area contributed by atoms with E-state index in [1.54, 1.807) is 0 Å². The lowest BCUT2D eigenvalue weighted by Gasteiger charge is -2.49. The number of hydrogen-bond acceptors (Lipinski definition) is 4. The molecule has 3 amide bonds. The van der Waals surface area contributed by atoms with Gasteiger partial charge in [-0.25, -0.2) is 4.79 Å². The Morgan fingerprint density at radius 3 is 2.40 bits per heavy atom. The van der Waals surface area contributed by atoms with Gasteiger partial charge < -0.3 is 19.9 Å². The minimum atomic E-state index is -0.0563. The van der Waals surface area contributed by atoms with Crippen LogP contribution in [0.2, 0.25) is 0 Å². The third-order valence-corrected chi connectivity index (χ3v) is 10.6. The van der Waals surface area contributed by atoms with Gasteiger partial charge in [-0.2, -0.15) is 0 Å². The lowest BCUT2D eigenvalue weighted by atomic mass is 9.81. The Morgan fingerprint density at radius 1 is 1.05 bits per heavy atom. The number of hydrogen-bond donors (Lipinski definition) is 1. The number of allylic oxidation sites excluding steroid dienone is 1. The highest BCUT2D eigenvalue weighted by molar-refractivity contribution is 5.93. The summed E-state index contributed by atoms with van der Waals surface area (Å²) in [4.78, 5) is 34.2. The number of urea groups is 1. The van der Waals surface area contributed by atoms with Crippen LogP contribution in [0.1, 0.15) is 96.1 Å². The number of piperidine rings is 1. The Morgan fingerprint density at radius 2 is 1.76 bits per heavy atom. The van der Waals surface area contributed by atoms with Crippen molar-refractivity contribution in [3.8, 4) is 0 Å². The summed E-state index contributed by atoms with van der Waals surface area (Å²) in [7, 11) is 0. The van der Waals surface area contributed by atoms with E-state index < -0.39 is 0 Å².